The topological polar surface area (TPSA) is 24.9 Å². The van der Waals surface area contributed by atoms with Gasteiger partial charge in [-0.15, -0.1) is 0 Å². The summed E-state index contributed by atoms with van der Waals surface area (Å²) in [5, 5.41) is 3.51. The van der Waals surface area contributed by atoms with Crippen LogP contribution < -0.4 is 5.32 Å². The predicted octanol–water partition coefficient (Wildman–Crippen LogP) is 4.08. The fraction of sp³-hybridized carbons (Fsp3) is 0.389. The van der Waals surface area contributed by atoms with Crippen molar-refractivity contribution in [2.75, 3.05) is 6.54 Å². The Bertz CT molecular complexity index is 524. The van der Waals surface area contributed by atoms with E-state index in [-0.39, 0.29) is 11.5 Å². The molecule has 0 bridgehead atoms. The summed E-state index contributed by atoms with van der Waals surface area (Å²) >= 11 is 0. The van der Waals surface area contributed by atoms with Gasteiger partial charge >= 0.3 is 0 Å². The second kappa shape index (κ2) is 6.19. The zero-order valence-electron chi connectivity index (χ0n) is 12.9. The minimum Gasteiger partial charge on any atom is -0.305 e. The number of benzene rings is 1. The Morgan fingerprint density at radius 3 is 2.25 bits per heavy atom. The first-order valence-corrected chi connectivity index (χ1v) is 7.27. The van der Waals surface area contributed by atoms with Gasteiger partial charge in [-0.25, -0.2) is 0 Å². The van der Waals surface area contributed by atoms with E-state index in [1.807, 2.05) is 18.3 Å². The second-order valence-corrected chi connectivity index (χ2v) is 6.12. The lowest BCUT2D eigenvalue weighted by atomic mass is 9.86. The molecule has 2 nitrogen and oxygen atoms in total. The molecule has 0 aliphatic heterocycles. The highest BCUT2D eigenvalue weighted by molar-refractivity contribution is 5.33. The third kappa shape index (κ3) is 3.45. The number of pyridine rings is 1. The van der Waals surface area contributed by atoms with Crippen molar-refractivity contribution >= 4 is 0 Å². The highest BCUT2D eigenvalue weighted by Gasteiger charge is 2.17. The zero-order chi connectivity index (χ0) is 14.6. The molecule has 1 N–H and O–H groups in total. The fourth-order valence-electron chi connectivity index (χ4n) is 2.32. The monoisotopic (exact) mass is 268 g/mol. The van der Waals surface area contributed by atoms with E-state index in [1.165, 1.54) is 11.1 Å². The van der Waals surface area contributed by atoms with E-state index in [1.54, 1.807) is 0 Å². The molecule has 0 radical (unpaired) electrons. The van der Waals surface area contributed by atoms with Crippen molar-refractivity contribution in [3.05, 3.63) is 65.5 Å². The van der Waals surface area contributed by atoms with E-state index in [2.05, 4.69) is 68.3 Å². The van der Waals surface area contributed by atoms with Crippen LogP contribution in [0.3, 0.4) is 0 Å². The average Bonchev–Trinajstić information content (AvgIpc) is 2.45. The number of aromatic nitrogens is 1. The fourth-order valence-corrected chi connectivity index (χ4v) is 2.32. The van der Waals surface area contributed by atoms with E-state index in [0.717, 1.165) is 12.2 Å². The van der Waals surface area contributed by atoms with Crippen LogP contribution in [0.2, 0.25) is 0 Å². The van der Waals surface area contributed by atoms with Gasteiger partial charge in [0.25, 0.3) is 0 Å². The summed E-state index contributed by atoms with van der Waals surface area (Å²) in [5.41, 5.74) is 3.88. The van der Waals surface area contributed by atoms with Crippen LogP contribution in [0.5, 0.6) is 0 Å². The van der Waals surface area contributed by atoms with Crippen LogP contribution in [0.4, 0.5) is 0 Å². The third-order valence-corrected chi connectivity index (χ3v) is 3.50. The van der Waals surface area contributed by atoms with Gasteiger partial charge in [0, 0.05) is 6.20 Å². The molecule has 20 heavy (non-hydrogen) atoms. The van der Waals surface area contributed by atoms with E-state index in [0.29, 0.717) is 0 Å². The summed E-state index contributed by atoms with van der Waals surface area (Å²) in [5.74, 6) is 0. The summed E-state index contributed by atoms with van der Waals surface area (Å²) in [6, 6.07) is 15.1. The SMILES string of the molecule is CCNC(c1ccc(C(C)(C)C)cc1)c1ccccn1. The Labute approximate surface area is 122 Å². The summed E-state index contributed by atoms with van der Waals surface area (Å²) in [4.78, 5) is 4.48. The maximum Gasteiger partial charge on any atom is 0.0751 e. The van der Waals surface area contributed by atoms with Crippen molar-refractivity contribution in [3.63, 3.8) is 0 Å². The molecule has 0 amide bonds. The predicted molar refractivity (Wildman–Crippen MR) is 84.9 cm³/mol. The van der Waals surface area contributed by atoms with E-state index < -0.39 is 0 Å². The van der Waals surface area contributed by atoms with E-state index in [9.17, 15) is 0 Å². The summed E-state index contributed by atoms with van der Waals surface area (Å²) in [6.07, 6.45) is 1.85. The maximum absolute atomic E-state index is 4.48. The Kier molecular flexibility index (Phi) is 4.56. The van der Waals surface area contributed by atoms with Crippen LogP contribution in [-0.2, 0) is 5.41 Å². The molecule has 106 valence electrons. The van der Waals surface area contributed by atoms with Crippen LogP contribution in [-0.4, -0.2) is 11.5 Å². The lowest BCUT2D eigenvalue weighted by Crippen LogP contribution is -2.23. The summed E-state index contributed by atoms with van der Waals surface area (Å²) in [7, 11) is 0. The number of nitrogens with zero attached hydrogens (tertiary/aromatic N) is 1. The molecule has 2 aromatic rings. The molecule has 1 unspecified atom stereocenters. The largest absolute Gasteiger partial charge is 0.305 e. The van der Waals surface area contributed by atoms with Gasteiger partial charge in [-0.3, -0.25) is 4.98 Å². The number of hydrogen-bond donors (Lipinski definition) is 1. The molecule has 1 heterocycles. The first-order chi connectivity index (χ1) is 9.52. The second-order valence-electron chi connectivity index (χ2n) is 6.12. The minimum atomic E-state index is 0.162. The molecular weight excluding hydrogens is 244 g/mol. The Morgan fingerprint density at radius 1 is 1.05 bits per heavy atom. The molecule has 0 saturated heterocycles. The molecule has 0 aliphatic rings. The summed E-state index contributed by atoms with van der Waals surface area (Å²) < 4.78 is 0. The van der Waals surface area contributed by atoms with Crippen molar-refractivity contribution in [1.82, 2.24) is 10.3 Å². The smallest absolute Gasteiger partial charge is 0.0751 e. The molecule has 2 heteroatoms. The molecular formula is C18H24N2. The van der Waals surface area contributed by atoms with Gasteiger partial charge < -0.3 is 5.32 Å². The Balaban J connectivity index is 2.31. The molecule has 0 spiro atoms. The third-order valence-electron chi connectivity index (χ3n) is 3.50. The number of rotatable bonds is 4. The maximum atomic E-state index is 4.48. The lowest BCUT2D eigenvalue weighted by molar-refractivity contribution is 0.586. The van der Waals surface area contributed by atoms with Crippen LogP contribution in [0, 0.1) is 0 Å². The minimum absolute atomic E-state index is 0.162. The molecule has 1 atom stereocenters. The van der Waals surface area contributed by atoms with Gasteiger partial charge in [0.2, 0.25) is 0 Å². The van der Waals surface area contributed by atoms with E-state index in [4.69, 9.17) is 0 Å². The van der Waals surface area contributed by atoms with Crippen LogP contribution in [0.1, 0.15) is 50.6 Å². The molecule has 0 aliphatic carbocycles. The molecule has 1 aromatic heterocycles. The van der Waals surface area contributed by atoms with Crippen LogP contribution >= 0.6 is 0 Å². The standard InChI is InChI=1S/C18H24N2/c1-5-19-17(16-8-6-7-13-20-16)14-9-11-15(12-10-14)18(2,3)4/h6-13,17,19H,5H2,1-4H3. The van der Waals surface area contributed by atoms with Crippen LogP contribution in [0.15, 0.2) is 48.7 Å². The lowest BCUT2D eigenvalue weighted by Gasteiger charge is -2.22. The van der Waals surface area contributed by atoms with Crippen molar-refractivity contribution in [2.24, 2.45) is 0 Å². The highest BCUT2D eigenvalue weighted by Crippen LogP contribution is 2.26. The normalized spacial score (nSPS) is 13.2. The van der Waals surface area contributed by atoms with Gasteiger partial charge in [-0.1, -0.05) is 58.0 Å². The average molecular weight is 268 g/mol. The molecule has 0 saturated carbocycles. The quantitative estimate of drug-likeness (QED) is 0.904. The van der Waals surface area contributed by atoms with Gasteiger partial charge in [-0.05, 0) is 35.2 Å². The first kappa shape index (κ1) is 14.7. The van der Waals surface area contributed by atoms with Gasteiger partial charge in [-0.2, -0.15) is 0 Å². The van der Waals surface area contributed by atoms with Crippen molar-refractivity contribution in [1.29, 1.82) is 0 Å². The molecule has 2 rings (SSSR count). The van der Waals surface area contributed by atoms with Crippen LogP contribution in [0.25, 0.3) is 0 Å². The first-order valence-electron chi connectivity index (χ1n) is 7.27. The van der Waals surface area contributed by atoms with E-state index >= 15 is 0 Å². The zero-order valence-corrected chi connectivity index (χ0v) is 12.9. The summed E-state index contributed by atoms with van der Waals surface area (Å²) in [6.45, 7) is 9.76. The van der Waals surface area contributed by atoms with Crippen molar-refractivity contribution in [3.8, 4) is 0 Å². The number of hydrogen-bond acceptors (Lipinski definition) is 2. The van der Waals surface area contributed by atoms with Gasteiger partial charge in [0.05, 0.1) is 11.7 Å². The molecule has 0 fully saturated rings. The number of nitrogens with one attached hydrogen (secondary N) is 1. The Morgan fingerprint density at radius 2 is 1.75 bits per heavy atom. The highest BCUT2D eigenvalue weighted by atomic mass is 14.9. The van der Waals surface area contributed by atoms with Gasteiger partial charge in [0.15, 0.2) is 0 Å². The van der Waals surface area contributed by atoms with Crippen molar-refractivity contribution < 1.29 is 0 Å². The van der Waals surface area contributed by atoms with Gasteiger partial charge in [0.1, 0.15) is 0 Å². The van der Waals surface area contributed by atoms with Crippen molar-refractivity contribution in [2.45, 2.75) is 39.2 Å². The Hall–Kier alpha value is -1.67. The molecule has 1 aromatic carbocycles.